The standard InChI is InChI=1S/C20H22F2O2/c1-19-7-5-14-12(13(19)3-4-16(19)24)9-11(10-21)17-18(22)15(23)6-8-20(14,17)2/h6,8,10,12-14H,3-5,7,9H2,1-2H3/t12-,13-,14-,19-,20+/m0/s1. The Morgan fingerprint density at radius 3 is 2.67 bits per heavy atom. The molecule has 0 radical (unpaired) electrons. The quantitative estimate of drug-likeness (QED) is 0.648. The number of hydrogen-bond acceptors (Lipinski definition) is 2. The smallest absolute Gasteiger partial charge is 0.214 e. The first kappa shape index (κ1) is 15.9. The zero-order valence-electron chi connectivity index (χ0n) is 14.1. The Balaban J connectivity index is 1.84. The van der Waals surface area contributed by atoms with Crippen molar-refractivity contribution in [2.24, 2.45) is 28.6 Å². The number of carbonyl (C=O) groups excluding carboxylic acids is 2. The monoisotopic (exact) mass is 332 g/mol. The van der Waals surface area contributed by atoms with E-state index in [2.05, 4.69) is 6.92 Å². The number of hydrogen-bond donors (Lipinski definition) is 0. The van der Waals surface area contributed by atoms with Crippen LogP contribution in [-0.2, 0) is 9.59 Å². The Morgan fingerprint density at radius 1 is 1.21 bits per heavy atom. The second-order valence-corrected chi connectivity index (χ2v) is 8.30. The third-order valence-corrected chi connectivity index (χ3v) is 7.38. The van der Waals surface area contributed by atoms with Gasteiger partial charge in [-0.1, -0.05) is 19.9 Å². The zero-order chi connectivity index (χ0) is 17.3. The summed E-state index contributed by atoms with van der Waals surface area (Å²) in [5, 5.41) is 0. The van der Waals surface area contributed by atoms with Crippen molar-refractivity contribution in [3.63, 3.8) is 0 Å². The van der Waals surface area contributed by atoms with Crippen molar-refractivity contribution in [1.82, 2.24) is 0 Å². The molecule has 0 heterocycles. The number of carbonyl (C=O) groups is 2. The van der Waals surface area contributed by atoms with E-state index in [4.69, 9.17) is 0 Å². The molecule has 0 N–H and O–H groups in total. The van der Waals surface area contributed by atoms with Crippen molar-refractivity contribution in [3.05, 3.63) is 35.5 Å². The van der Waals surface area contributed by atoms with E-state index in [1.165, 1.54) is 6.08 Å². The summed E-state index contributed by atoms with van der Waals surface area (Å²) < 4.78 is 28.2. The lowest BCUT2D eigenvalue weighted by Crippen LogP contribution is -2.50. The van der Waals surface area contributed by atoms with Crippen LogP contribution in [0.3, 0.4) is 0 Å². The van der Waals surface area contributed by atoms with Crippen molar-refractivity contribution < 1.29 is 18.4 Å². The van der Waals surface area contributed by atoms with Crippen LogP contribution in [0.4, 0.5) is 8.78 Å². The maximum absolute atomic E-state index is 14.6. The van der Waals surface area contributed by atoms with E-state index in [1.807, 2.05) is 6.92 Å². The Hall–Kier alpha value is -1.58. The van der Waals surface area contributed by atoms with E-state index in [0.717, 1.165) is 19.3 Å². The highest BCUT2D eigenvalue weighted by Crippen LogP contribution is 2.65. The number of rotatable bonds is 0. The highest BCUT2D eigenvalue weighted by atomic mass is 19.1. The van der Waals surface area contributed by atoms with Crippen molar-refractivity contribution in [2.75, 3.05) is 0 Å². The van der Waals surface area contributed by atoms with Crippen LogP contribution in [0.25, 0.3) is 0 Å². The largest absolute Gasteiger partial charge is 0.299 e. The van der Waals surface area contributed by atoms with Crippen LogP contribution in [0, 0.1) is 28.6 Å². The number of ketones is 2. The third-order valence-electron chi connectivity index (χ3n) is 7.38. The molecule has 4 aliphatic carbocycles. The topological polar surface area (TPSA) is 34.1 Å². The molecule has 0 amide bonds. The maximum Gasteiger partial charge on any atom is 0.214 e. The molecule has 0 saturated heterocycles. The lowest BCUT2D eigenvalue weighted by Gasteiger charge is -2.55. The van der Waals surface area contributed by atoms with Crippen molar-refractivity contribution >= 4 is 11.6 Å². The fourth-order valence-electron chi connectivity index (χ4n) is 6.10. The summed E-state index contributed by atoms with van der Waals surface area (Å²) in [5.41, 5.74) is -0.428. The van der Waals surface area contributed by atoms with Crippen LogP contribution in [-0.4, -0.2) is 11.6 Å². The minimum Gasteiger partial charge on any atom is -0.299 e. The van der Waals surface area contributed by atoms with Crippen LogP contribution < -0.4 is 0 Å². The Labute approximate surface area is 140 Å². The molecule has 0 aromatic rings. The summed E-state index contributed by atoms with van der Waals surface area (Å²) in [4.78, 5) is 24.2. The molecular weight excluding hydrogens is 310 g/mol. The van der Waals surface area contributed by atoms with Gasteiger partial charge in [-0.2, -0.15) is 0 Å². The first-order valence-electron chi connectivity index (χ1n) is 8.79. The average Bonchev–Trinajstić information content (AvgIpc) is 2.86. The van der Waals surface area contributed by atoms with Gasteiger partial charge in [-0.25, -0.2) is 8.78 Å². The molecule has 3 saturated carbocycles. The fraction of sp³-hybridized carbons (Fsp3) is 0.600. The number of allylic oxidation sites excluding steroid dienone is 5. The molecule has 4 rings (SSSR count). The molecule has 0 aliphatic heterocycles. The minimum atomic E-state index is -0.807. The highest BCUT2D eigenvalue weighted by Gasteiger charge is 2.60. The molecule has 0 spiro atoms. The molecule has 4 aliphatic rings. The van der Waals surface area contributed by atoms with Gasteiger partial charge in [0.2, 0.25) is 5.78 Å². The van der Waals surface area contributed by atoms with Gasteiger partial charge in [0, 0.05) is 22.8 Å². The van der Waals surface area contributed by atoms with E-state index >= 15 is 0 Å². The first-order chi connectivity index (χ1) is 11.3. The van der Waals surface area contributed by atoms with Crippen LogP contribution in [0.2, 0.25) is 0 Å². The molecule has 0 bridgehead atoms. The molecule has 0 aromatic heterocycles. The normalized spacial score (nSPS) is 46.2. The lowest BCUT2D eigenvalue weighted by molar-refractivity contribution is -0.131. The minimum absolute atomic E-state index is 0.148. The van der Waals surface area contributed by atoms with Gasteiger partial charge in [0.25, 0.3) is 0 Å². The van der Waals surface area contributed by atoms with Gasteiger partial charge < -0.3 is 0 Å². The molecule has 3 fully saturated rings. The summed E-state index contributed by atoms with van der Waals surface area (Å²) in [5.74, 6) is -0.614. The lowest BCUT2D eigenvalue weighted by atomic mass is 9.47. The Bertz CT molecular complexity index is 732. The number of fused-ring (bicyclic) bond motifs is 5. The van der Waals surface area contributed by atoms with Gasteiger partial charge in [0.15, 0.2) is 5.83 Å². The summed E-state index contributed by atoms with van der Waals surface area (Å²) in [6.45, 7) is 3.97. The fourth-order valence-corrected chi connectivity index (χ4v) is 6.10. The van der Waals surface area contributed by atoms with E-state index in [0.29, 0.717) is 30.5 Å². The van der Waals surface area contributed by atoms with Gasteiger partial charge in [0.05, 0.1) is 6.33 Å². The molecule has 24 heavy (non-hydrogen) atoms. The molecule has 0 aromatic carbocycles. The maximum atomic E-state index is 14.6. The van der Waals surface area contributed by atoms with E-state index < -0.39 is 17.0 Å². The number of Topliss-reactive ketones (excluding diaryl/α,β-unsaturated/α-hetero) is 1. The average molecular weight is 332 g/mol. The molecular formula is C20H22F2O2. The van der Waals surface area contributed by atoms with Crippen molar-refractivity contribution in [3.8, 4) is 0 Å². The number of halogens is 2. The first-order valence-corrected chi connectivity index (χ1v) is 8.79. The van der Waals surface area contributed by atoms with Crippen molar-refractivity contribution in [1.29, 1.82) is 0 Å². The van der Waals surface area contributed by atoms with E-state index in [9.17, 15) is 18.4 Å². The van der Waals surface area contributed by atoms with E-state index in [1.54, 1.807) is 6.08 Å². The molecule has 0 unspecified atom stereocenters. The van der Waals surface area contributed by atoms with E-state index in [-0.39, 0.29) is 28.7 Å². The second-order valence-electron chi connectivity index (χ2n) is 8.30. The Kier molecular flexibility index (Phi) is 3.29. The molecule has 128 valence electrons. The van der Waals surface area contributed by atoms with Crippen LogP contribution in [0.15, 0.2) is 35.5 Å². The predicted molar refractivity (Wildman–Crippen MR) is 86.2 cm³/mol. The van der Waals surface area contributed by atoms with Crippen LogP contribution in [0.5, 0.6) is 0 Å². The summed E-state index contributed by atoms with van der Waals surface area (Å²) >= 11 is 0. The SMILES string of the molecule is C[C@]12C=CC(=O)C(F)=C1C(=CF)C[C@@H]1[C@@H]2CC[C@]2(C)C(=O)CC[C@@H]12. The Morgan fingerprint density at radius 2 is 1.96 bits per heavy atom. The van der Waals surface area contributed by atoms with Gasteiger partial charge in [-0.05, 0) is 55.1 Å². The summed E-state index contributed by atoms with van der Waals surface area (Å²) in [6.07, 6.45) is 7.02. The van der Waals surface area contributed by atoms with Gasteiger partial charge >= 0.3 is 0 Å². The zero-order valence-corrected chi connectivity index (χ0v) is 14.1. The van der Waals surface area contributed by atoms with Gasteiger partial charge in [-0.3, -0.25) is 9.59 Å². The van der Waals surface area contributed by atoms with Gasteiger partial charge in [0.1, 0.15) is 5.78 Å². The van der Waals surface area contributed by atoms with Crippen molar-refractivity contribution in [2.45, 2.75) is 46.0 Å². The highest BCUT2D eigenvalue weighted by molar-refractivity contribution is 6.05. The van der Waals surface area contributed by atoms with Gasteiger partial charge in [-0.15, -0.1) is 0 Å². The third kappa shape index (κ3) is 1.80. The van der Waals surface area contributed by atoms with Crippen LogP contribution in [0.1, 0.15) is 46.0 Å². The summed E-state index contributed by atoms with van der Waals surface area (Å²) in [6, 6.07) is 0. The predicted octanol–water partition coefficient (Wildman–Crippen LogP) is 4.62. The van der Waals surface area contributed by atoms with Crippen LogP contribution >= 0.6 is 0 Å². The molecule has 4 heteroatoms. The summed E-state index contributed by atoms with van der Waals surface area (Å²) in [7, 11) is 0. The molecule has 5 atom stereocenters. The molecule has 2 nitrogen and oxygen atoms in total. The second kappa shape index (κ2) is 4.96.